The van der Waals surface area contributed by atoms with E-state index in [1.807, 2.05) is 0 Å². The molecule has 0 aliphatic heterocycles. The van der Waals surface area contributed by atoms with Crippen LogP contribution in [0.25, 0.3) is 0 Å². The Morgan fingerprint density at radius 1 is 1.47 bits per heavy atom. The Balaban J connectivity index is 2.84. The van der Waals surface area contributed by atoms with E-state index in [4.69, 9.17) is 4.74 Å². The fraction of sp³-hybridized carbons (Fsp3) is 0.273. The van der Waals surface area contributed by atoms with Crippen molar-refractivity contribution in [2.75, 3.05) is 13.2 Å². The molecule has 19 heavy (non-hydrogen) atoms. The van der Waals surface area contributed by atoms with Crippen LogP contribution in [0.15, 0.2) is 18.2 Å². The summed E-state index contributed by atoms with van der Waals surface area (Å²) in [5, 5.41) is 10.8. The van der Waals surface area contributed by atoms with E-state index in [0.29, 0.717) is 0 Å². The second-order valence-corrected chi connectivity index (χ2v) is 3.19. The first-order valence-electron chi connectivity index (χ1n) is 5.25. The summed E-state index contributed by atoms with van der Waals surface area (Å²) in [5.41, 5.74) is -0.413. The highest BCUT2D eigenvalue weighted by Crippen LogP contribution is 2.30. The largest absolute Gasteiger partial charge is 0.475 e. The van der Waals surface area contributed by atoms with E-state index < -0.39 is 23.2 Å². The zero-order valence-corrected chi connectivity index (χ0v) is 10.0. The molecule has 1 aromatic rings. The lowest BCUT2D eigenvalue weighted by atomic mass is 10.3. The van der Waals surface area contributed by atoms with Crippen LogP contribution in [0.1, 0.15) is 6.92 Å². The molecule has 0 aliphatic carbocycles. The van der Waals surface area contributed by atoms with E-state index in [2.05, 4.69) is 9.47 Å². The first kappa shape index (κ1) is 14.4. The fourth-order valence-corrected chi connectivity index (χ4v) is 1.23. The molecule has 8 heteroatoms. The summed E-state index contributed by atoms with van der Waals surface area (Å²) in [6.07, 6.45) is 0. The number of rotatable bonds is 7. The van der Waals surface area contributed by atoms with Crippen molar-refractivity contribution in [1.29, 1.82) is 0 Å². The topological polar surface area (TPSA) is 105 Å². The van der Waals surface area contributed by atoms with Crippen molar-refractivity contribution in [1.82, 2.24) is 0 Å². The summed E-state index contributed by atoms with van der Waals surface area (Å²) in [5.74, 6) is -0.744. The average Bonchev–Trinajstić information content (AvgIpc) is 2.37. The van der Waals surface area contributed by atoms with Gasteiger partial charge in [0.15, 0.2) is 12.4 Å². The minimum Gasteiger partial charge on any atom is -0.475 e. The molecular weight excluding hydrogens is 258 g/mol. The van der Waals surface area contributed by atoms with Gasteiger partial charge in [0.05, 0.1) is 17.6 Å². The monoisotopic (exact) mass is 269 g/mol. The Bertz CT molecular complexity index is 486. The molecule has 0 fully saturated rings. The van der Waals surface area contributed by atoms with Gasteiger partial charge in [-0.15, -0.1) is 0 Å². The van der Waals surface area contributed by atoms with Gasteiger partial charge in [0.25, 0.3) is 6.47 Å². The van der Waals surface area contributed by atoms with Crippen molar-refractivity contribution in [3.05, 3.63) is 28.3 Å². The molecule has 102 valence electrons. The highest BCUT2D eigenvalue weighted by molar-refractivity contribution is 5.71. The molecule has 0 amide bonds. The number of nitro benzene ring substituents is 1. The van der Waals surface area contributed by atoms with Crippen LogP contribution in [0.3, 0.4) is 0 Å². The van der Waals surface area contributed by atoms with E-state index in [9.17, 15) is 19.7 Å². The molecule has 1 rings (SSSR count). The third kappa shape index (κ3) is 4.26. The third-order valence-corrected chi connectivity index (χ3v) is 1.96. The normalized spacial score (nSPS) is 9.53. The third-order valence-electron chi connectivity index (χ3n) is 1.96. The van der Waals surface area contributed by atoms with Crippen LogP contribution in [-0.2, 0) is 14.3 Å². The molecule has 0 atom stereocenters. The van der Waals surface area contributed by atoms with Gasteiger partial charge in [-0.3, -0.25) is 14.9 Å². The van der Waals surface area contributed by atoms with E-state index in [1.54, 1.807) is 6.92 Å². The maximum atomic E-state index is 11.1. The minimum atomic E-state index is -0.710. The number of esters is 1. The van der Waals surface area contributed by atoms with Crippen molar-refractivity contribution in [3.8, 4) is 11.5 Å². The lowest BCUT2D eigenvalue weighted by Gasteiger charge is -2.07. The van der Waals surface area contributed by atoms with Gasteiger partial charge in [0, 0.05) is 0 Å². The number of carbonyl (C=O) groups is 2. The standard InChI is InChI=1S/C11H11NO7/c1-2-17-11(14)6-18-10-4-3-8(19-7-13)5-9(10)12(15)16/h3-5,7H,2,6H2,1H3. The molecule has 0 bridgehead atoms. The zero-order valence-electron chi connectivity index (χ0n) is 10.0. The Labute approximate surface area is 108 Å². The van der Waals surface area contributed by atoms with Gasteiger partial charge in [0.2, 0.25) is 0 Å². The summed E-state index contributed by atoms with van der Waals surface area (Å²) in [4.78, 5) is 31.3. The number of carbonyl (C=O) groups excluding carboxylic acids is 2. The first-order chi connectivity index (χ1) is 9.08. The van der Waals surface area contributed by atoms with Gasteiger partial charge < -0.3 is 14.2 Å². The molecule has 0 radical (unpaired) electrons. The molecule has 8 nitrogen and oxygen atoms in total. The van der Waals surface area contributed by atoms with Gasteiger partial charge in [0.1, 0.15) is 5.75 Å². The molecule has 0 heterocycles. The van der Waals surface area contributed by atoms with Gasteiger partial charge >= 0.3 is 11.7 Å². The smallest absolute Gasteiger partial charge is 0.344 e. The van der Waals surface area contributed by atoms with Crippen LogP contribution >= 0.6 is 0 Å². The molecule has 0 saturated carbocycles. The van der Waals surface area contributed by atoms with Gasteiger partial charge in [-0.1, -0.05) is 0 Å². The predicted molar refractivity (Wildman–Crippen MR) is 61.9 cm³/mol. The number of hydrogen-bond donors (Lipinski definition) is 0. The lowest BCUT2D eigenvalue weighted by Crippen LogP contribution is -2.15. The number of nitro groups is 1. The number of nitrogens with zero attached hydrogens (tertiary/aromatic N) is 1. The maximum absolute atomic E-state index is 11.1. The number of hydrogen-bond acceptors (Lipinski definition) is 7. The molecule has 0 aliphatic rings. The van der Waals surface area contributed by atoms with E-state index in [0.717, 1.165) is 6.07 Å². The molecular formula is C11H11NO7. The Morgan fingerprint density at radius 3 is 2.79 bits per heavy atom. The second-order valence-electron chi connectivity index (χ2n) is 3.19. The highest BCUT2D eigenvalue weighted by atomic mass is 16.6. The molecule has 1 aromatic carbocycles. The van der Waals surface area contributed by atoms with Gasteiger partial charge in [-0.2, -0.15) is 0 Å². The number of ether oxygens (including phenoxy) is 3. The Hall–Kier alpha value is -2.64. The van der Waals surface area contributed by atoms with E-state index in [1.165, 1.54) is 12.1 Å². The van der Waals surface area contributed by atoms with Crippen LogP contribution in [-0.4, -0.2) is 30.6 Å². The van der Waals surface area contributed by atoms with E-state index in [-0.39, 0.29) is 24.6 Å². The predicted octanol–water partition coefficient (Wildman–Crippen LogP) is 1.07. The number of benzene rings is 1. The van der Waals surface area contributed by atoms with Crippen molar-refractivity contribution in [3.63, 3.8) is 0 Å². The Morgan fingerprint density at radius 2 is 2.21 bits per heavy atom. The molecule has 0 spiro atoms. The lowest BCUT2D eigenvalue weighted by molar-refractivity contribution is -0.385. The van der Waals surface area contributed by atoms with Gasteiger partial charge in [-0.05, 0) is 19.1 Å². The summed E-state index contributed by atoms with van der Waals surface area (Å²) >= 11 is 0. The second kappa shape index (κ2) is 6.94. The van der Waals surface area contributed by atoms with E-state index >= 15 is 0 Å². The van der Waals surface area contributed by atoms with Crippen LogP contribution in [0, 0.1) is 10.1 Å². The zero-order chi connectivity index (χ0) is 14.3. The summed E-state index contributed by atoms with van der Waals surface area (Å²) in [6, 6.07) is 3.56. The van der Waals surface area contributed by atoms with Gasteiger partial charge in [-0.25, -0.2) is 4.79 Å². The SMILES string of the molecule is CCOC(=O)COc1ccc(OC=O)cc1[N+](=O)[O-]. The average molecular weight is 269 g/mol. The first-order valence-corrected chi connectivity index (χ1v) is 5.25. The molecule has 0 aromatic heterocycles. The molecule has 0 unspecified atom stereocenters. The summed E-state index contributed by atoms with van der Waals surface area (Å²) in [7, 11) is 0. The molecule has 0 saturated heterocycles. The summed E-state index contributed by atoms with van der Waals surface area (Å²) < 4.78 is 14.1. The van der Waals surface area contributed by atoms with Crippen molar-refractivity contribution >= 4 is 18.1 Å². The van der Waals surface area contributed by atoms with Crippen LogP contribution < -0.4 is 9.47 Å². The van der Waals surface area contributed by atoms with Crippen molar-refractivity contribution in [2.45, 2.75) is 6.92 Å². The van der Waals surface area contributed by atoms with Crippen molar-refractivity contribution < 1.29 is 28.7 Å². The minimum absolute atomic E-state index is 0.00480. The molecule has 0 N–H and O–H groups in total. The highest BCUT2D eigenvalue weighted by Gasteiger charge is 2.18. The quantitative estimate of drug-likeness (QED) is 0.315. The summed E-state index contributed by atoms with van der Waals surface area (Å²) in [6.45, 7) is 1.53. The maximum Gasteiger partial charge on any atom is 0.344 e. The Kier molecular flexibility index (Phi) is 5.27. The fourth-order valence-electron chi connectivity index (χ4n) is 1.23. The van der Waals surface area contributed by atoms with Crippen LogP contribution in [0.5, 0.6) is 11.5 Å². The van der Waals surface area contributed by atoms with Crippen molar-refractivity contribution in [2.24, 2.45) is 0 Å². The van der Waals surface area contributed by atoms with Crippen LogP contribution in [0.4, 0.5) is 5.69 Å². The van der Waals surface area contributed by atoms with Crippen LogP contribution in [0.2, 0.25) is 0 Å².